The lowest BCUT2D eigenvalue weighted by Crippen LogP contribution is -2.50. The van der Waals surface area contributed by atoms with E-state index >= 15 is 0 Å². The van der Waals surface area contributed by atoms with Crippen LogP contribution >= 0.6 is 0 Å². The number of hydrogen-bond donors (Lipinski definition) is 0. The van der Waals surface area contributed by atoms with Gasteiger partial charge in [-0.15, -0.1) is 0 Å². The molecule has 0 atom stereocenters. The summed E-state index contributed by atoms with van der Waals surface area (Å²) in [6.45, 7) is 13.7. The smallest absolute Gasteiger partial charge is 0.258 e. The van der Waals surface area contributed by atoms with Gasteiger partial charge in [-0.25, -0.2) is 0 Å². The molecule has 4 heteroatoms. The number of hydrogen-bond acceptors (Lipinski definition) is 2. The molecule has 0 saturated heterocycles. The highest BCUT2D eigenvalue weighted by Crippen LogP contribution is 2.42. The molecule has 1 aromatic heterocycles. The van der Waals surface area contributed by atoms with Crippen molar-refractivity contribution in [1.82, 2.24) is 0 Å². The van der Waals surface area contributed by atoms with Crippen molar-refractivity contribution in [2.75, 3.05) is 0 Å². The van der Waals surface area contributed by atoms with E-state index in [1.807, 2.05) is 24.3 Å². The molecule has 0 radical (unpaired) electrons. The van der Waals surface area contributed by atoms with Gasteiger partial charge in [0.05, 0.1) is 5.39 Å². The number of benzene rings is 1. The van der Waals surface area contributed by atoms with Gasteiger partial charge in [0.15, 0.2) is 6.20 Å². The summed E-state index contributed by atoms with van der Waals surface area (Å²) in [4.78, 5) is 0. The Hall–Kier alpha value is -1.55. The first-order valence-corrected chi connectivity index (χ1v) is 10.2. The number of rotatable bonds is 5. The summed E-state index contributed by atoms with van der Waals surface area (Å²) in [6, 6.07) is 9.53. The van der Waals surface area contributed by atoms with Crippen LogP contribution in [0.4, 0.5) is 0 Å². The van der Waals surface area contributed by atoms with Gasteiger partial charge in [-0.1, -0.05) is 41.5 Å². The molecule has 22 heavy (non-hydrogen) atoms. The van der Waals surface area contributed by atoms with E-state index in [0.29, 0.717) is 22.1 Å². The first kappa shape index (κ1) is 16.8. The van der Waals surface area contributed by atoms with Crippen molar-refractivity contribution in [3.63, 3.8) is 0 Å². The number of nitrogens with zero attached hydrogens (tertiary/aromatic N) is 1. The molecule has 0 aliphatic carbocycles. The van der Waals surface area contributed by atoms with Gasteiger partial charge >= 0.3 is 0 Å². The fraction of sp³-hybridized carbons (Fsp3) is 0.500. The summed E-state index contributed by atoms with van der Waals surface area (Å²) in [5, 5.41) is 12.7. The molecule has 2 aromatic rings. The highest BCUT2D eigenvalue weighted by Gasteiger charge is 2.47. The normalized spacial score (nSPS) is 12.6. The molecule has 0 amide bonds. The summed E-state index contributed by atoms with van der Waals surface area (Å²) in [5.41, 5.74) is 2.27. The predicted molar refractivity (Wildman–Crippen MR) is 94.6 cm³/mol. The Bertz CT molecular complexity index is 631. The van der Waals surface area contributed by atoms with Crippen LogP contribution in [0.1, 0.15) is 41.5 Å². The largest absolute Gasteiger partial charge is 0.618 e. The molecule has 0 aliphatic heterocycles. The van der Waals surface area contributed by atoms with Crippen LogP contribution in [-0.4, -0.2) is 8.32 Å². The molecule has 1 aromatic carbocycles. The lowest BCUT2D eigenvalue weighted by atomic mass is 10.2. The topological polar surface area (TPSA) is 36.2 Å². The molecule has 0 spiro atoms. The Kier molecular flexibility index (Phi) is 4.80. The first-order chi connectivity index (χ1) is 10.3. The zero-order chi connectivity index (χ0) is 16.5. The SMILES string of the molecule is CC(C)[Si](Oc1ccc2c(ccc[n+]2[O-])c1)(C(C)C)C(C)C. The maximum Gasteiger partial charge on any atom is 0.258 e. The minimum Gasteiger partial charge on any atom is -0.618 e. The second-order valence-corrected chi connectivity index (χ2v) is 12.3. The molecular formula is C18H27NO2Si. The molecule has 1 heterocycles. The van der Waals surface area contributed by atoms with Crippen LogP contribution in [0.3, 0.4) is 0 Å². The number of fused-ring (bicyclic) bond motifs is 1. The van der Waals surface area contributed by atoms with Gasteiger partial charge in [0, 0.05) is 12.1 Å². The molecular weight excluding hydrogens is 290 g/mol. The van der Waals surface area contributed by atoms with E-state index < -0.39 is 8.32 Å². The van der Waals surface area contributed by atoms with Crippen LogP contribution in [0.15, 0.2) is 36.5 Å². The van der Waals surface area contributed by atoms with Crippen molar-refractivity contribution >= 4 is 19.2 Å². The molecule has 2 rings (SSSR count). The Morgan fingerprint density at radius 1 is 0.955 bits per heavy atom. The van der Waals surface area contributed by atoms with Gasteiger partial charge in [0.25, 0.3) is 8.32 Å². The Labute approximate surface area is 134 Å². The lowest BCUT2D eigenvalue weighted by Gasteiger charge is -2.42. The molecule has 3 nitrogen and oxygen atoms in total. The van der Waals surface area contributed by atoms with Crippen LogP contribution in [0, 0.1) is 5.21 Å². The maximum atomic E-state index is 11.8. The van der Waals surface area contributed by atoms with Crippen molar-refractivity contribution in [1.29, 1.82) is 0 Å². The van der Waals surface area contributed by atoms with Gasteiger partial charge < -0.3 is 9.63 Å². The van der Waals surface area contributed by atoms with E-state index in [1.165, 1.54) is 6.20 Å². The molecule has 0 fully saturated rings. The lowest BCUT2D eigenvalue weighted by molar-refractivity contribution is -0.577. The van der Waals surface area contributed by atoms with E-state index in [4.69, 9.17) is 4.43 Å². The van der Waals surface area contributed by atoms with Gasteiger partial charge in [-0.2, -0.15) is 4.73 Å². The number of pyridine rings is 1. The van der Waals surface area contributed by atoms with Crippen LogP contribution in [0.25, 0.3) is 10.9 Å². The zero-order valence-electron chi connectivity index (χ0n) is 14.5. The van der Waals surface area contributed by atoms with Crippen molar-refractivity contribution in [3.05, 3.63) is 41.7 Å². The second-order valence-electron chi connectivity index (χ2n) is 6.97. The van der Waals surface area contributed by atoms with Crippen molar-refractivity contribution < 1.29 is 9.16 Å². The van der Waals surface area contributed by atoms with Crippen molar-refractivity contribution in [2.24, 2.45) is 0 Å². The molecule has 0 saturated carbocycles. The predicted octanol–water partition coefficient (Wildman–Crippen LogP) is 5.03. The molecule has 120 valence electrons. The van der Waals surface area contributed by atoms with Crippen LogP contribution in [-0.2, 0) is 0 Å². The molecule has 0 N–H and O–H groups in total. The standard InChI is InChI=1S/C18H27NO2Si/c1-13(2)22(14(3)4,15(5)6)21-17-9-10-18-16(12-17)8-7-11-19(18)20/h7-15H,1-6H3. The fourth-order valence-electron chi connectivity index (χ4n) is 3.79. The Morgan fingerprint density at radius 2 is 1.55 bits per heavy atom. The van der Waals surface area contributed by atoms with Gasteiger partial charge in [0.2, 0.25) is 5.52 Å². The minimum absolute atomic E-state index is 0.531. The third-order valence-corrected chi connectivity index (χ3v) is 10.7. The van der Waals surface area contributed by atoms with E-state index in [1.54, 1.807) is 6.07 Å². The number of aromatic nitrogens is 1. The average Bonchev–Trinajstić information content (AvgIpc) is 2.43. The van der Waals surface area contributed by atoms with E-state index in [9.17, 15) is 5.21 Å². The summed E-state index contributed by atoms with van der Waals surface area (Å²) in [6.07, 6.45) is 1.53. The zero-order valence-corrected chi connectivity index (χ0v) is 15.5. The van der Waals surface area contributed by atoms with E-state index in [-0.39, 0.29) is 0 Å². The first-order valence-electron chi connectivity index (χ1n) is 8.10. The van der Waals surface area contributed by atoms with Gasteiger partial charge in [0.1, 0.15) is 5.75 Å². The quantitative estimate of drug-likeness (QED) is 0.440. The summed E-state index contributed by atoms with van der Waals surface area (Å²) in [7, 11) is -1.95. The second kappa shape index (κ2) is 6.29. The highest BCUT2D eigenvalue weighted by molar-refractivity contribution is 6.78. The average molecular weight is 318 g/mol. The van der Waals surface area contributed by atoms with Crippen LogP contribution in [0.5, 0.6) is 5.75 Å². The summed E-state index contributed by atoms with van der Waals surface area (Å²) >= 11 is 0. The van der Waals surface area contributed by atoms with Gasteiger partial charge in [-0.3, -0.25) is 0 Å². The summed E-state index contributed by atoms with van der Waals surface area (Å²) < 4.78 is 7.56. The van der Waals surface area contributed by atoms with Crippen molar-refractivity contribution in [3.8, 4) is 5.75 Å². The van der Waals surface area contributed by atoms with Crippen molar-refractivity contribution in [2.45, 2.75) is 58.2 Å². The van der Waals surface area contributed by atoms with Crippen LogP contribution in [0.2, 0.25) is 16.6 Å². The van der Waals surface area contributed by atoms with Crippen LogP contribution < -0.4 is 9.16 Å². The minimum atomic E-state index is -1.95. The third-order valence-electron chi connectivity index (χ3n) is 4.74. The highest BCUT2D eigenvalue weighted by atomic mass is 28.4. The Morgan fingerprint density at radius 3 is 2.09 bits per heavy atom. The van der Waals surface area contributed by atoms with E-state index in [0.717, 1.165) is 15.9 Å². The van der Waals surface area contributed by atoms with Gasteiger partial charge in [-0.05, 0) is 34.8 Å². The monoisotopic (exact) mass is 317 g/mol. The molecule has 0 aliphatic rings. The molecule has 0 unspecified atom stereocenters. The maximum absolute atomic E-state index is 11.8. The Balaban J connectivity index is 2.47. The van der Waals surface area contributed by atoms with E-state index in [2.05, 4.69) is 41.5 Å². The fourth-order valence-corrected chi connectivity index (χ4v) is 9.04. The molecule has 0 bridgehead atoms. The third kappa shape index (κ3) is 2.84. The summed E-state index contributed by atoms with van der Waals surface area (Å²) in [5.74, 6) is 0.890.